The molecule has 8 nitrogen and oxygen atoms in total. The smallest absolute Gasteiger partial charge is 0.263 e. The van der Waals surface area contributed by atoms with Gasteiger partial charge >= 0.3 is 0 Å². The van der Waals surface area contributed by atoms with Gasteiger partial charge in [0.15, 0.2) is 6.10 Å². The predicted molar refractivity (Wildman–Crippen MR) is 133 cm³/mol. The average Bonchev–Trinajstić information content (AvgIpc) is 2.86. The zero-order chi connectivity index (χ0) is 24.8. The molecule has 0 saturated heterocycles. The number of carbonyl (C=O) groups excluding carboxylic acids is 2. The number of anilines is 1. The van der Waals surface area contributed by atoms with Crippen LogP contribution in [0.4, 0.5) is 5.69 Å². The highest BCUT2D eigenvalue weighted by molar-refractivity contribution is 7.88. The molecule has 35 heavy (non-hydrogen) atoms. The second-order valence-corrected chi connectivity index (χ2v) is 10.3. The van der Waals surface area contributed by atoms with E-state index in [0.29, 0.717) is 18.0 Å². The number of para-hydroxylation sites is 2. The summed E-state index contributed by atoms with van der Waals surface area (Å²) in [6, 6.07) is 25.5. The maximum absolute atomic E-state index is 13.4. The highest BCUT2D eigenvalue weighted by Gasteiger charge is 2.35. The van der Waals surface area contributed by atoms with Gasteiger partial charge in [0, 0.05) is 13.1 Å². The number of amides is 2. The monoisotopic (exact) mass is 493 g/mol. The molecule has 0 radical (unpaired) electrons. The SMILES string of the molecule is CS(=O)(=O)N(CC(=O)N1CC(C(=O)NCc2ccccc2)Oc2ccccc21)Cc1ccccc1. The van der Waals surface area contributed by atoms with Gasteiger partial charge in [-0.15, -0.1) is 0 Å². The van der Waals surface area contributed by atoms with Crippen LogP contribution in [0.1, 0.15) is 11.1 Å². The molecule has 0 spiro atoms. The molecule has 1 aliphatic rings. The molecule has 2 amide bonds. The summed E-state index contributed by atoms with van der Waals surface area (Å²) in [5, 5.41) is 2.85. The lowest BCUT2D eigenvalue weighted by molar-refractivity contribution is -0.128. The van der Waals surface area contributed by atoms with Crippen molar-refractivity contribution in [3.63, 3.8) is 0 Å². The van der Waals surface area contributed by atoms with E-state index in [2.05, 4.69) is 5.32 Å². The van der Waals surface area contributed by atoms with Crippen LogP contribution in [-0.4, -0.2) is 50.0 Å². The van der Waals surface area contributed by atoms with Gasteiger partial charge in [0.05, 0.1) is 25.0 Å². The third kappa shape index (κ3) is 6.26. The molecule has 1 atom stereocenters. The van der Waals surface area contributed by atoms with Crippen molar-refractivity contribution in [1.82, 2.24) is 9.62 Å². The summed E-state index contributed by atoms with van der Waals surface area (Å²) < 4.78 is 31.9. The number of ether oxygens (including phenoxy) is 1. The second kappa shape index (κ2) is 10.7. The molecule has 182 valence electrons. The van der Waals surface area contributed by atoms with Gasteiger partial charge in [-0.3, -0.25) is 9.59 Å². The Morgan fingerprint density at radius 2 is 1.54 bits per heavy atom. The number of fused-ring (bicyclic) bond motifs is 1. The lowest BCUT2D eigenvalue weighted by Gasteiger charge is -2.35. The summed E-state index contributed by atoms with van der Waals surface area (Å²) in [6.07, 6.45) is 0.148. The molecular formula is C26H27N3O5S. The van der Waals surface area contributed by atoms with Crippen LogP contribution in [0, 0.1) is 0 Å². The van der Waals surface area contributed by atoms with Crippen molar-refractivity contribution in [2.45, 2.75) is 19.2 Å². The van der Waals surface area contributed by atoms with Crippen LogP contribution in [0.15, 0.2) is 84.9 Å². The molecule has 0 saturated carbocycles. The first-order chi connectivity index (χ1) is 16.8. The van der Waals surface area contributed by atoms with E-state index in [4.69, 9.17) is 4.74 Å². The molecule has 1 N–H and O–H groups in total. The van der Waals surface area contributed by atoms with Crippen molar-refractivity contribution in [2.24, 2.45) is 0 Å². The number of sulfonamides is 1. The number of rotatable bonds is 8. The molecule has 0 aromatic heterocycles. The summed E-state index contributed by atoms with van der Waals surface area (Å²) in [7, 11) is -3.67. The van der Waals surface area contributed by atoms with E-state index in [0.717, 1.165) is 21.7 Å². The fraction of sp³-hybridized carbons (Fsp3) is 0.231. The Labute approximate surface area is 205 Å². The number of hydrogen-bond acceptors (Lipinski definition) is 5. The molecule has 1 aliphatic heterocycles. The second-order valence-electron chi connectivity index (χ2n) is 8.30. The average molecular weight is 494 g/mol. The predicted octanol–water partition coefficient (Wildman–Crippen LogP) is 2.56. The molecule has 9 heteroatoms. The molecule has 3 aromatic rings. The number of carbonyl (C=O) groups is 2. The van der Waals surface area contributed by atoms with E-state index >= 15 is 0 Å². The first-order valence-corrected chi connectivity index (χ1v) is 13.0. The van der Waals surface area contributed by atoms with Crippen LogP contribution in [0.3, 0.4) is 0 Å². The Hall–Kier alpha value is -3.69. The van der Waals surface area contributed by atoms with Crippen molar-refractivity contribution in [3.05, 3.63) is 96.1 Å². The number of nitrogens with one attached hydrogen (secondary N) is 1. The minimum absolute atomic E-state index is 0.0284. The largest absolute Gasteiger partial charge is 0.477 e. The van der Waals surface area contributed by atoms with Crippen molar-refractivity contribution in [3.8, 4) is 5.75 Å². The zero-order valence-corrected chi connectivity index (χ0v) is 20.1. The Kier molecular flexibility index (Phi) is 7.48. The summed E-state index contributed by atoms with van der Waals surface area (Å²) in [5.74, 6) is -0.408. The molecule has 4 rings (SSSR count). The molecule has 1 unspecified atom stereocenters. The number of hydrogen-bond donors (Lipinski definition) is 1. The van der Waals surface area contributed by atoms with Crippen molar-refractivity contribution < 1.29 is 22.7 Å². The Balaban J connectivity index is 1.51. The quantitative estimate of drug-likeness (QED) is 0.520. The normalized spacial score (nSPS) is 15.3. The van der Waals surface area contributed by atoms with Crippen LogP contribution in [0.25, 0.3) is 0 Å². The lowest BCUT2D eigenvalue weighted by Crippen LogP contribution is -2.52. The molecular weight excluding hydrogens is 466 g/mol. The summed E-state index contributed by atoms with van der Waals surface area (Å²) in [4.78, 5) is 27.7. The molecule has 1 heterocycles. The van der Waals surface area contributed by atoms with Crippen LogP contribution >= 0.6 is 0 Å². The first-order valence-electron chi connectivity index (χ1n) is 11.2. The Bertz CT molecular complexity index is 1280. The summed E-state index contributed by atoms with van der Waals surface area (Å²) in [5.41, 5.74) is 2.21. The van der Waals surface area contributed by atoms with Crippen LogP contribution in [0.5, 0.6) is 5.75 Å². The van der Waals surface area contributed by atoms with Gasteiger partial charge < -0.3 is 15.0 Å². The molecule has 0 bridgehead atoms. The molecule has 3 aromatic carbocycles. The standard InChI is InChI=1S/C26H27N3O5S/c1-35(32,33)28(17-21-12-6-3-7-13-21)19-25(30)29-18-24(34-23-15-9-8-14-22(23)29)26(31)27-16-20-10-4-2-5-11-20/h2-15,24H,16-19H2,1H3,(H,27,31). The van der Waals surface area contributed by atoms with Gasteiger partial charge in [-0.1, -0.05) is 72.8 Å². The Morgan fingerprint density at radius 3 is 2.20 bits per heavy atom. The summed E-state index contributed by atoms with van der Waals surface area (Å²) in [6.45, 7) is 0.00622. The summed E-state index contributed by atoms with van der Waals surface area (Å²) >= 11 is 0. The Morgan fingerprint density at radius 1 is 0.943 bits per heavy atom. The van der Waals surface area contributed by atoms with Crippen molar-refractivity contribution in [2.75, 3.05) is 24.2 Å². The zero-order valence-electron chi connectivity index (χ0n) is 19.3. The maximum Gasteiger partial charge on any atom is 0.263 e. The molecule has 0 fully saturated rings. The maximum atomic E-state index is 13.4. The van der Waals surface area contributed by atoms with Crippen molar-refractivity contribution >= 4 is 27.5 Å². The van der Waals surface area contributed by atoms with E-state index in [-0.39, 0.29) is 25.5 Å². The number of benzene rings is 3. The van der Waals surface area contributed by atoms with E-state index in [1.54, 1.807) is 36.4 Å². The van der Waals surface area contributed by atoms with E-state index in [1.807, 2.05) is 48.5 Å². The van der Waals surface area contributed by atoms with Crippen LogP contribution in [0.2, 0.25) is 0 Å². The molecule has 0 aliphatic carbocycles. The van der Waals surface area contributed by atoms with E-state index in [1.165, 1.54) is 4.90 Å². The van der Waals surface area contributed by atoms with Crippen LogP contribution in [-0.2, 0) is 32.7 Å². The van der Waals surface area contributed by atoms with Gasteiger partial charge in [0.25, 0.3) is 5.91 Å². The third-order valence-electron chi connectivity index (χ3n) is 5.66. The third-order valence-corrected chi connectivity index (χ3v) is 6.86. The van der Waals surface area contributed by atoms with Gasteiger partial charge in [0.2, 0.25) is 15.9 Å². The fourth-order valence-corrected chi connectivity index (χ4v) is 4.55. The fourth-order valence-electron chi connectivity index (χ4n) is 3.82. The van der Waals surface area contributed by atoms with Gasteiger partial charge in [0.1, 0.15) is 5.75 Å². The van der Waals surface area contributed by atoms with Gasteiger partial charge in [-0.2, -0.15) is 4.31 Å². The topological polar surface area (TPSA) is 96.0 Å². The minimum atomic E-state index is -3.67. The lowest BCUT2D eigenvalue weighted by atomic mass is 10.1. The minimum Gasteiger partial charge on any atom is -0.477 e. The van der Waals surface area contributed by atoms with Crippen molar-refractivity contribution in [1.29, 1.82) is 0 Å². The first kappa shape index (κ1) is 24.4. The number of nitrogens with zero attached hydrogens (tertiary/aromatic N) is 2. The van der Waals surface area contributed by atoms with Crippen LogP contribution < -0.4 is 15.0 Å². The van der Waals surface area contributed by atoms with Gasteiger partial charge in [-0.25, -0.2) is 8.42 Å². The highest BCUT2D eigenvalue weighted by atomic mass is 32.2. The van der Waals surface area contributed by atoms with E-state index < -0.39 is 22.0 Å². The van der Waals surface area contributed by atoms with E-state index in [9.17, 15) is 18.0 Å². The van der Waals surface area contributed by atoms with Gasteiger partial charge in [-0.05, 0) is 23.3 Å². The highest BCUT2D eigenvalue weighted by Crippen LogP contribution is 2.33.